The van der Waals surface area contributed by atoms with E-state index in [0.717, 1.165) is 16.8 Å². The highest BCUT2D eigenvalue weighted by atomic mass is 19.1. The summed E-state index contributed by atoms with van der Waals surface area (Å²) in [6, 6.07) is 5.14. The number of benzene rings is 1. The van der Waals surface area contributed by atoms with Crippen LogP contribution in [-0.4, -0.2) is 18.6 Å². The SMILES string of the molecule is CCOc1cc2c(NC)cc(C(C)C)nc2cc1F. The summed E-state index contributed by atoms with van der Waals surface area (Å²) in [7, 11) is 1.85. The van der Waals surface area contributed by atoms with Crippen LogP contribution < -0.4 is 10.1 Å². The van der Waals surface area contributed by atoms with Crippen molar-refractivity contribution in [3.8, 4) is 5.75 Å². The molecular formula is C15H19FN2O. The molecule has 1 N–H and O–H groups in total. The van der Waals surface area contributed by atoms with Crippen LogP contribution in [0.2, 0.25) is 0 Å². The largest absolute Gasteiger partial charge is 0.491 e. The van der Waals surface area contributed by atoms with Crippen LogP contribution in [0.5, 0.6) is 5.75 Å². The Balaban J connectivity index is 2.68. The molecule has 0 unspecified atom stereocenters. The Morgan fingerprint density at radius 3 is 2.63 bits per heavy atom. The molecule has 19 heavy (non-hydrogen) atoms. The van der Waals surface area contributed by atoms with Crippen LogP contribution in [0.15, 0.2) is 18.2 Å². The highest BCUT2D eigenvalue weighted by molar-refractivity contribution is 5.92. The van der Waals surface area contributed by atoms with Crippen LogP contribution in [0.25, 0.3) is 10.9 Å². The minimum absolute atomic E-state index is 0.269. The van der Waals surface area contributed by atoms with Gasteiger partial charge in [-0.05, 0) is 25.0 Å². The minimum atomic E-state index is -0.371. The lowest BCUT2D eigenvalue weighted by atomic mass is 10.1. The van der Waals surface area contributed by atoms with Gasteiger partial charge in [-0.1, -0.05) is 13.8 Å². The predicted molar refractivity (Wildman–Crippen MR) is 76.5 cm³/mol. The van der Waals surface area contributed by atoms with E-state index in [9.17, 15) is 4.39 Å². The Morgan fingerprint density at radius 2 is 2.05 bits per heavy atom. The van der Waals surface area contributed by atoms with Crippen molar-refractivity contribution in [3.63, 3.8) is 0 Å². The molecule has 0 atom stereocenters. The summed E-state index contributed by atoms with van der Waals surface area (Å²) in [6.45, 7) is 6.41. The maximum Gasteiger partial charge on any atom is 0.167 e. The fourth-order valence-electron chi connectivity index (χ4n) is 2.02. The van der Waals surface area contributed by atoms with E-state index in [1.807, 2.05) is 20.0 Å². The third-order valence-corrected chi connectivity index (χ3v) is 3.04. The summed E-state index contributed by atoms with van der Waals surface area (Å²) in [4.78, 5) is 4.51. The molecule has 102 valence electrons. The topological polar surface area (TPSA) is 34.1 Å². The summed E-state index contributed by atoms with van der Waals surface area (Å²) in [5, 5.41) is 4.01. The van der Waals surface area contributed by atoms with Crippen molar-refractivity contribution in [2.24, 2.45) is 0 Å². The molecule has 0 radical (unpaired) electrons. The highest BCUT2D eigenvalue weighted by Gasteiger charge is 2.12. The standard InChI is InChI=1S/C15H19FN2O/c1-5-19-15-6-10-13(17-4)8-12(9(2)3)18-14(10)7-11(15)16/h6-9H,5H2,1-4H3,(H,17,18). The lowest BCUT2D eigenvalue weighted by molar-refractivity contribution is 0.322. The summed E-state index contributed by atoms with van der Waals surface area (Å²) < 4.78 is 19.2. The van der Waals surface area contributed by atoms with Gasteiger partial charge in [-0.25, -0.2) is 4.39 Å². The lowest BCUT2D eigenvalue weighted by Gasteiger charge is -2.13. The third kappa shape index (κ3) is 2.62. The summed E-state index contributed by atoms with van der Waals surface area (Å²) in [5.41, 5.74) is 2.53. The second-order valence-electron chi connectivity index (χ2n) is 4.73. The van der Waals surface area contributed by atoms with Crippen LogP contribution in [0.3, 0.4) is 0 Å². The van der Waals surface area contributed by atoms with Gasteiger partial charge in [0.2, 0.25) is 0 Å². The van der Waals surface area contributed by atoms with E-state index < -0.39 is 0 Å². The van der Waals surface area contributed by atoms with E-state index in [1.165, 1.54) is 6.07 Å². The Labute approximate surface area is 112 Å². The maximum atomic E-state index is 13.9. The van der Waals surface area contributed by atoms with Gasteiger partial charge >= 0.3 is 0 Å². The molecule has 0 aliphatic heterocycles. The first-order valence-corrected chi connectivity index (χ1v) is 6.51. The highest BCUT2D eigenvalue weighted by Crippen LogP contribution is 2.31. The van der Waals surface area contributed by atoms with Gasteiger partial charge in [0.1, 0.15) is 0 Å². The number of fused-ring (bicyclic) bond motifs is 1. The number of nitrogens with zero attached hydrogens (tertiary/aromatic N) is 1. The molecule has 0 saturated heterocycles. The quantitative estimate of drug-likeness (QED) is 0.906. The van der Waals surface area contributed by atoms with Crippen molar-refractivity contribution < 1.29 is 9.13 Å². The van der Waals surface area contributed by atoms with E-state index in [1.54, 1.807) is 6.07 Å². The molecule has 4 heteroatoms. The fourth-order valence-corrected chi connectivity index (χ4v) is 2.02. The minimum Gasteiger partial charge on any atom is -0.491 e. The van der Waals surface area contributed by atoms with Crippen LogP contribution in [0.4, 0.5) is 10.1 Å². The molecule has 2 aromatic rings. The van der Waals surface area contributed by atoms with Gasteiger partial charge in [-0.2, -0.15) is 0 Å². The van der Waals surface area contributed by atoms with Gasteiger partial charge in [-0.3, -0.25) is 4.98 Å². The van der Waals surface area contributed by atoms with Crippen molar-refractivity contribution in [3.05, 3.63) is 29.7 Å². The normalized spacial score (nSPS) is 11.1. The molecule has 1 aromatic carbocycles. The van der Waals surface area contributed by atoms with Crippen molar-refractivity contribution in [1.82, 2.24) is 4.98 Å². The maximum absolute atomic E-state index is 13.9. The van der Waals surface area contributed by atoms with Gasteiger partial charge in [-0.15, -0.1) is 0 Å². The Morgan fingerprint density at radius 1 is 1.32 bits per heavy atom. The molecule has 0 spiro atoms. The zero-order valence-electron chi connectivity index (χ0n) is 11.7. The number of pyridine rings is 1. The molecular weight excluding hydrogens is 243 g/mol. The molecule has 0 aliphatic carbocycles. The van der Waals surface area contributed by atoms with Gasteiger partial charge < -0.3 is 10.1 Å². The third-order valence-electron chi connectivity index (χ3n) is 3.04. The predicted octanol–water partition coefficient (Wildman–Crippen LogP) is 3.94. The second kappa shape index (κ2) is 5.43. The molecule has 0 amide bonds. The van der Waals surface area contributed by atoms with E-state index in [4.69, 9.17) is 4.74 Å². The Bertz CT molecular complexity index is 596. The van der Waals surface area contributed by atoms with Crippen molar-refractivity contribution in [2.75, 3.05) is 19.0 Å². The fraction of sp³-hybridized carbons (Fsp3) is 0.400. The monoisotopic (exact) mass is 262 g/mol. The van der Waals surface area contributed by atoms with E-state index >= 15 is 0 Å². The molecule has 1 aromatic heterocycles. The van der Waals surface area contributed by atoms with Crippen molar-refractivity contribution in [2.45, 2.75) is 26.7 Å². The number of aromatic nitrogens is 1. The zero-order chi connectivity index (χ0) is 14.0. The number of nitrogens with one attached hydrogen (secondary N) is 1. The zero-order valence-corrected chi connectivity index (χ0v) is 11.7. The molecule has 1 heterocycles. The number of hydrogen-bond acceptors (Lipinski definition) is 3. The van der Waals surface area contributed by atoms with Gasteiger partial charge in [0.15, 0.2) is 11.6 Å². The van der Waals surface area contributed by atoms with E-state index in [2.05, 4.69) is 24.1 Å². The first-order chi connectivity index (χ1) is 9.06. The van der Waals surface area contributed by atoms with Gasteiger partial charge in [0.25, 0.3) is 0 Å². The molecule has 0 fully saturated rings. The number of rotatable bonds is 4. The average molecular weight is 262 g/mol. The smallest absolute Gasteiger partial charge is 0.167 e. The van der Waals surface area contributed by atoms with Crippen molar-refractivity contribution in [1.29, 1.82) is 0 Å². The first kappa shape index (κ1) is 13.6. The molecule has 0 saturated carbocycles. The van der Waals surface area contributed by atoms with E-state index in [-0.39, 0.29) is 11.6 Å². The lowest BCUT2D eigenvalue weighted by Crippen LogP contribution is -2.00. The molecule has 2 rings (SSSR count). The summed E-state index contributed by atoms with van der Waals surface area (Å²) >= 11 is 0. The Hall–Kier alpha value is -1.84. The first-order valence-electron chi connectivity index (χ1n) is 6.51. The molecule has 0 bridgehead atoms. The summed E-state index contributed by atoms with van der Waals surface area (Å²) in [5.74, 6) is 0.196. The average Bonchev–Trinajstić information content (AvgIpc) is 2.38. The van der Waals surface area contributed by atoms with Gasteiger partial charge in [0, 0.05) is 29.9 Å². The molecule has 0 aliphatic rings. The van der Waals surface area contributed by atoms with Crippen LogP contribution >= 0.6 is 0 Å². The van der Waals surface area contributed by atoms with Gasteiger partial charge in [0.05, 0.1) is 12.1 Å². The summed E-state index contributed by atoms with van der Waals surface area (Å²) in [6.07, 6.45) is 0. The number of hydrogen-bond donors (Lipinski definition) is 1. The van der Waals surface area contributed by atoms with Crippen LogP contribution in [0.1, 0.15) is 32.4 Å². The van der Waals surface area contributed by atoms with E-state index in [0.29, 0.717) is 18.0 Å². The number of anilines is 1. The number of ether oxygens (including phenoxy) is 1. The van der Waals surface area contributed by atoms with Crippen LogP contribution in [0, 0.1) is 5.82 Å². The van der Waals surface area contributed by atoms with Crippen molar-refractivity contribution >= 4 is 16.6 Å². The Kier molecular flexibility index (Phi) is 3.88. The van der Waals surface area contributed by atoms with Crippen LogP contribution in [-0.2, 0) is 0 Å². The second-order valence-corrected chi connectivity index (χ2v) is 4.73. The molecule has 3 nitrogen and oxygen atoms in total. The number of halogens is 1.